The molecule has 18 heavy (non-hydrogen) atoms. The fourth-order valence-electron chi connectivity index (χ4n) is 2.00. The van der Waals surface area contributed by atoms with Gasteiger partial charge in [0.15, 0.2) is 0 Å². The highest BCUT2D eigenvalue weighted by Gasteiger charge is 2.20. The Morgan fingerprint density at radius 1 is 1.17 bits per heavy atom. The lowest BCUT2D eigenvalue weighted by Crippen LogP contribution is -2.17. The van der Waals surface area contributed by atoms with Crippen LogP contribution in [-0.2, 0) is 12.0 Å². The highest BCUT2D eigenvalue weighted by molar-refractivity contribution is 5.37. The third-order valence-corrected chi connectivity index (χ3v) is 3.02. The summed E-state index contributed by atoms with van der Waals surface area (Å²) in [6, 6.07) is 10.4. The Balaban J connectivity index is 2.49. The molecule has 0 saturated heterocycles. The van der Waals surface area contributed by atoms with Gasteiger partial charge in [-0.3, -0.25) is 0 Å². The van der Waals surface area contributed by atoms with Crippen LogP contribution in [0, 0.1) is 6.92 Å². The molecule has 1 aromatic carbocycles. The maximum absolute atomic E-state index is 5.62. The van der Waals surface area contributed by atoms with E-state index in [0.29, 0.717) is 6.54 Å². The Labute approximate surface area is 109 Å². The van der Waals surface area contributed by atoms with E-state index < -0.39 is 0 Å². The summed E-state index contributed by atoms with van der Waals surface area (Å²) in [4.78, 5) is 0. The Bertz CT molecular complexity index is 530. The molecule has 0 aliphatic carbocycles. The predicted molar refractivity (Wildman–Crippen MR) is 74.9 cm³/mol. The van der Waals surface area contributed by atoms with Gasteiger partial charge in [0.25, 0.3) is 0 Å². The minimum absolute atomic E-state index is 0.0772. The van der Waals surface area contributed by atoms with E-state index in [0.717, 1.165) is 16.9 Å². The van der Waals surface area contributed by atoms with Crippen molar-refractivity contribution in [2.75, 3.05) is 0 Å². The Kier molecular flexibility index (Phi) is 3.26. The van der Waals surface area contributed by atoms with E-state index in [1.807, 2.05) is 11.6 Å². The van der Waals surface area contributed by atoms with E-state index in [1.165, 1.54) is 5.69 Å². The van der Waals surface area contributed by atoms with Gasteiger partial charge >= 0.3 is 0 Å². The van der Waals surface area contributed by atoms with Crippen molar-refractivity contribution in [1.82, 2.24) is 9.78 Å². The van der Waals surface area contributed by atoms with Crippen LogP contribution in [0.15, 0.2) is 30.3 Å². The van der Waals surface area contributed by atoms with Crippen LogP contribution < -0.4 is 5.73 Å². The molecule has 0 fully saturated rings. The molecular weight excluding hydrogens is 222 g/mol. The van der Waals surface area contributed by atoms with Crippen LogP contribution in [-0.4, -0.2) is 9.78 Å². The fraction of sp³-hybridized carbons (Fsp3) is 0.400. The first kappa shape index (κ1) is 12.8. The van der Waals surface area contributed by atoms with Crippen LogP contribution in [0.1, 0.15) is 37.7 Å². The lowest BCUT2D eigenvalue weighted by atomic mass is 9.92. The monoisotopic (exact) mass is 243 g/mol. The summed E-state index contributed by atoms with van der Waals surface area (Å²) < 4.78 is 2.02. The Hall–Kier alpha value is -1.61. The average molecular weight is 243 g/mol. The number of benzene rings is 1. The van der Waals surface area contributed by atoms with Crippen molar-refractivity contribution in [3.63, 3.8) is 0 Å². The van der Waals surface area contributed by atoms with E-state index in [2.05, 4.69) is 56.2 Å². The molecule has 2 aromatic rings. The molecule has 0 atom stereocenters. The minimum Gasteiger partial charge on any atom is -0.326 e. The first-order valence-electron chi connectivity index (χ1n) is 6.28. The molecule has 0 spiro atoms. The van der Waals surface area contributed by atoms with Crippen molar-refractivity contribution in [3.05, 3.63) is 47.3 Å². The molecule has 0 radical (unpaired) electrons. The van der Waals surface area contributed by atoms with E-state index >= 15 is 0 Å². The fourth-order valence-corrected chi connectivity index (χ4v) is 2.00. The van der Waals surface area contributed by atoms with Gasteiger partial charge in [0.05, 0.1) is 11.4 Å². The number of hydrogen-bond donors (Lipinski definition) is 1. The van der Waals surface area contributed by atoms with Crippen LogP contribution in [0.4, 0.5) is 0 Å². The number of hydrogen-bond acceptors (Lipinski definition) is 2. The molecule has 0 unspecified atom stereocenters. The van der Waals surface area contributed by atoms with Gasteiger partial charge in [0, 0.05) is 17.7 Å². The average Bonchev–Trinajstić information content (AvgIpc) is 2.71. The number of nitrogens with zero attached hydrogens (tertiary/aromatic N) is 2. The third kappa shape index (κ3) is 2.46. The topological polar surface area (TPSA) is 43.8 Å². The molecule has 0 aliphatic heterocycles. The predicted octanol–water partition coefficient (Wildman–Crippen LogP) is 2.94. The van der Waals surface area contributed by atoms with Gasteiger partial charge in [0.2, 0.25) is 0 Å². The minimum atomic E-state index is 0.0772. The standard InChI is InChI=1S/C15H21N3/c1-11-9-14(15(2,3)4)18(17-11)13-7-5-12(10-16)6-8-13/h5-9H,10,16H2,1-4H3. The summed E-state index contributed by atoms with van der Waals surface area (Å²) in [7, 11) is 0. The normalized spacial score (nSPS) is 11.8. The molecule has 3 nitrogen and oxygen atoms in total. The van der Waals surface area contributed by atoms with Crippen LogP contribution in [0.2, 0.25) is 0 Å². The summed E-state index contributed by atoms with van der Waals surface area (Å²) in [5.41, 5.74) is 10.2. The molecule has 0 saturated carbocycles. The van der Waals surface area contributed by atoms with Crippen molar-refractivity contribution >= 4 is 0 Å². The number of aryl methyl sites for hydroxylation is 1. The second-order valence-electron chi connectivity index (χ2n) is 5.70. The third-order valence-electron chi connectivity index (χ3n) is 3.02. The Morgan fingerprint density at radius 3 is 2.28 bits per heavy atom. The van der Waals surface area contributed by atoms with Gasteiger partial charge < -0.3 is 5.73 Å². The smallest absolute Gasteiger partial charge is 0.0649 e. The molecule has 0 amide bonds. The first-order chi connectivity index (χ1) is 8.41. The molecular formula is C15H21N3. The van der Waals surface area contributed by atoms with Crippen molar-refractivity contribution in [2.45, 2.75) is 39.7 Å². The number of rotatable bonds is 2. The number of nitrogens with two attached hydrogens (primary N) is 1. The lowest BCUT2D eigenvalue weighted by Gasteiger charge is -2.20. The van der Waals surface area contributed by atoms with Crippen LogP contribution in [0.25, 0.3) is 5.69 Å². The van der Waals surface area contributed by atoms with Crippen LogP contribution in [0.5, 0.6) is 0 Å². The van der Waals surface area contributed by atoms with E-state index in [4.69, 9.17) is 5.73 Å². The second-order valence-corrected chi connectivity index (χ2v) is 5.70. The lowest BCUT2D eigenvalue weighted by molar-refractivity contribution is 0.543. The summed E-state index contributed by atoms with van der Waals surface area (Å²) >= 11 is 0. The van der Waals surface area contributed by atoms with Crippen molar-refractivity contribution in [1.29, 1.82) is 0 Å². The van der Waals surface area contributed by atoms with Crippen molar-refractivity contribution < 1.29 is 0 Å². The maximum Gasteiger partial charge on any atom is 0.0649 e. The SMILES string of the molecule is Cc1cc(C(C)(C)C)n(-c2ccc(CN)cc2)n1. The first-order valence-corrected chi connectivity index (χ1v) is 6.28. The van der Waals surface area contributed by atoms with Crippen LogP contribution >= 0.6 is 0 Å². The molecule has 96 valence electrons. The summed E-state index contributed by atoms with van der Waals surface area (Å²) in [5.74, 6) is 0. The molecule has 1 aromatic heterocycles. The van der Waals surface area contributed by atoms with E-state index in [-0.39, 0.29) is 5.41 Å². The zero-order chi connectivity index (χ0) is 13.3. The zero-order valence-electron chi connectivity index (χ0n) is 11.6. The van der Waals surface area contributed by atoms with E-state index in [1.54, 1.807) is 0 Å². The summed E-state index contributed by atoms with van der Waals surface area (Å²) in [6.07, 6.45) is 0. The quantitative estimate of drug-likeness (QED) is 0.881. The molecule has 3 heteroatoms. The zero-order valence-corrected chi connectivity index (χ0v) is 11.6. The van der Waals surface area contributed by atoms with Gasteiger partial charge in [0.1, 0.15) is 0 Å². The van der Waals surface area contributed by atoms with Gasteiger partial charge in [-0.05, 0) is 30.7 Å². The molecule has 0 bridgehead atoms. The van der Waals surface area contributed by atoms with Crippen molar-refractivity contribution in [3.8, 4) is 5.69 Å². The molecule has 2 rings (SSSR count). The van der Waals surface area contributed by atoms with Crippen LogP contribution in [0.3, 0.4) is 0 Å². The highest BCUT2D eigenvalue weighted by Crippen LogP contribution is 2.25. The number of aromatic nitrogens is 2. The Morgan fingerprint density at radius 2 is 1.78 bits per heavy atom. The summed E-state index contributed by atoms with van der Waals surface area (Å²) in [6.45, 7) is 9.21. The molecule has 1 heterocycles. The maximum atomic E-state index is 5.62. The van der Waals surface area contributed by atoms with Gasteiger partial charge in [-0.25, -0.2) is 4.68 Å². The second kappa shape index (κ2) is 4.58. The van der Waals surface area contributed by atoms with Crippen molar-refractivity contribution in [2.24, 2.45) is 5.73 Å². The van der Waals surface area contributed by atoms with Gasteiger partial charge in [-0.15, -0.1) is 0 Å². The highest BCUT2D eigenvalue weighted by atomic mass is 15.3. The summed E-state index contributed by atoms with van der Waals surface area (Å²) in [5, 5.41) is 4.59. The molecule has 2 N–H and O–H groups in total. The van der Waals surface area contributed by atoms with Gasteiger partial charge in [-0.2, -0.15) is 5.10 Å². The van der Waals surface area contributed by atoms with E-state index in [9.17, 15) is 0 Å². The molecule has 0 aliphatic rings. The van der Waals surface area contributed by atoms with Gasteiger partial charge in [-0.1, -0.05) is 32.9 Å². The largest absolute Gasteiger partial charge is 0.326 e.